The van der Waals surface area contributed by atoms with Gasteiger partial charge in [0.15, 0.2) is 0 Å². The van der Waals surface area contributed by atoms with Gasteiger partial charge in [-0.25, -0.2) is 0 Å². The predicted molar refractivity (Wildman–Crippen MR) is 86.6 cm³/mol. The van der Waals surface area contributed by atoms with Gasteiger partial charge in [0, 0.05) is 5.41 Å². The summed E-state index contributed by atoms with van der Waals surface area (Å²) in [6, 6.07) is 11.1. The smallest absolute Gasteiger partial charge is 0.0790 e. The fourth-order valence-electron chi connectivity index (χ4n) is 6.31. The monoisotopic (exact) mass is 285 g/mol. The third-order valence-corrected chi connectivity index (χ3v) is 6.69. The highest BCUT2D eigenvalue weighted by molar-refractivity contribution is 7.80. The van der Waals surface area contributed by atoms with Crippen molar-refractivity contribution in [2.75, 3.05) is 0 Å². The molecule has 2 heteroatoms. The van der Waals surface area contributed by atoms with E-state index in [1.807, 2.05) is 0 Å². The highest BCUT2D eigenvalue weighted by Crippen LogP contribution is 2.70. The van der Waals surface area contributed by atoms with Gasteiger partial charge in [-0.05, 0) is 60.8 Å². The Morgan fingerprint density at radius 3 is 2.50 bits per heavy atom. The number of thiocarbonyl (C=S) groups is 1. The Kier molecular flexibility index (Phi) is 2.47. The first-order valence-corrected chi connectivity index (χ1v) is 8.22. The average molecular weight is 285 g/mol. The van der Waals surface area contributed by atoms with Crippen molar-refractivity contribution in [2.24, 2.45) is 22.5 Å². The van der Waals surface area contributed by atoms with Gasteiger partial charge in [-0.1, -0.05) is 49.5 Å². The summed E-state index contributed by atoms with van der Waals surface area (Å²) in [6.45, 7) is 2.47. The van der Waals surface area contributed by atoms with Crippen LogP contribution in [0.3, 0.4) is 0 Å². The van der Waals surface area contributed by atoms with Crippen LogP contribution in [0, 0.1) is 16.7 Å². The van der Waals surface area contributed by atoms with Crippen LogP contribution in [0.4, 0.5) is 0 Å². The van der Waals surface area contributed by atoms with Crippen molar-refractivity contribution in [3.63, 3.8) is 0 Å². The molecule has 4 bridgehead atoms. The van der Waals surface area contributed by atoms with Crippen LogP contribution in [0.15, 0.2) is 30.3 Å². The maximum Gasteiger partial charge on any atom is 0.0790 e. The van der Waals surface area contributed by atoms with E-state index in [1.165, 1.54) is 44.1 Å². The van der Waals surface area contributed by atoms with Crippen molar-refractivity contribution in [1.29, 1.82) is 0 Å². The Bertz CT molecular complexity index is 568. The van der Waals surface area contributed by atoms with Crippen LogP contribution in [0.25, 0.3) is 0 Å². The molecule has 4 aliphatic carbocycles. The van der Waals surface area contributed by atoms with Gasteiger partial charge in [0.1, 0.15) is 0 Å². The van der Waals surface area contributed by atoms with Crippen molar-refractivity contribution < 1.29 is 0 Å². The minimum absolute atomic E-state index is 0.138. The van der Waals surface area contributed by atoms with E-state index in [-0.39, 0.29) is 5.41 Å². The molecule has 1 nitrogen and oxygen atoms in total. The summed E-state index contributed by atoms with van der Waals surface area (Å²) >= 11 is 5.51. The van der Waals surface area contributed by atoms with E-state index in [2.05, 4.69) is 37.3 Å². The van der Waals surface area contributed by atoms with Crippen molar-refractivity contribution in [3.05, 3.63) is 35.9 Å². The summed E-state index contributed by atoms with van der Waals surface area (Å²) in [4.78, 5) is 0.785. The SMILES string of the molecule is CC12CC3CC(C(N)=S)(C1)CC(c1ccccc1)(C3)C2. The zero-order valence-electron chi connectivity index (χ0n) is 12.2. The molecule has 1 aromatic rings. The van der Waals surface area contributed by atoms with Gasteiger partial charge in [0.2, 0.25) is 0 Å². The van der Waals surface area contributed by atoms with Gasteiger partial charge in [0.05, 0.1) is 4.99 Å². The molecule has 0 heterocycles. The van der Waals surface area contributed by atoms with E-state index in [9.17, 15) is 0 Å². The minimum atomic E-state index is 0.138. The zero-order valence-corrected chi connectivity index (χ0v) is 13.0. The summed E-state index contributed by atoms with van der Waals surface area (Å²) in [6.07, 6.45) is 7.70. The number of hydrogen-bond donors (Lipinski definition) is 1. The fourth-order valence-corrected chi connectivity index (χ4v) is 6.54. The molecule has 4 unspecified atom stereocenters. The molecule has 20 heavy (non-hydrogen) atoms. The van der Waals surface area contributed by atoms with Crippen molar-refractivity contribution in [1.82, 2.24) is 0 Å². The molecule has 4 saturated carbocycles. The van der Waals surface area contributed by atoms with E-state index in [0.717, 1.165) is 10.9 Å². The molecular weight excluding hydrogens is 262 g/mol. The van der Waals surface area contributed by atoms with E-state index in [0.29, 0.717) is 10.8 Å². The number of hydrogen-bond acceptors (Lipinski definition) is 1. The molecule has 0 aromatic heterocycles. The van der Waals surface area contributed by atoms with Crippen LogP contribution >= 0.6 is 12.2 Å². The Hall–Kier alpha value is -0.890. The van der Waals surface area contributed by atoms with E-state index in [4.69, 9.17) is 18.0 Å². The maximum atomic E-state index is 6.22. The van der Waals surface area contributed by atoms with Gasteiger partial charge in [-0.15, -0.1) is 0 Å². The maximum absolute atomic E-state index is 6.22. The summed E-state index contributed by atoms with van der Waals surface area (Å²) in [5, 5.41) is 0. The second kappa shape index (κ2) is 3.85. The molecule has 0 aliphatic heterocycles. The quantitative estimate of drug-likeness (QED) is 0.824. The first kappa shape index (κ1) is 12.8. The lowest BCUT2D eigenvalue weighted by Crippen LogP contribution is -2.61. The number of nitrogens with two attached hydrogens (primary N) is 1. The van der Waals surface area contributed by atoms with Crippen molar-refractivity contribution >= 4 is 17.2 Å². The molecular formula is C18H23NS. The molecule has 4 atom stereocenters. The lowest BCUT2D eigenvalue weighted by atomic mass is 9.39. The molecule has 1 aromatic carbocycles. The van der Waals surface area contributed by atoms with Crippen LogP contribution in [0.2, 0.25) is 0 Å². The third-order valence-electron chi connectivity index (χ3n) is 6.26. The first-order valence-electron chi connectivity index (χ1n) is 7.81. The molecule has 4 fully saturated rings. The molecule has 4 aliphatic rings. The van der Waals surface area contributed by atoms with Crippen molar-refractivity contribution in [2.45, 2.75) is 50.9 Å². The van der Waals surface area contributed by atoms with E-state index < -0.39 is 0 Å². The lowest BCUT2D eigenvalue weighted by molar-refractivity contribution is -0.0864. The van der Waals surface area contributed by atoms with Gasteiger partial charge in [-0.3, -0.25) is 0 Å². The van der Waals surface area contributed by atoms with Gasteiger partial charge in [-0.2, -0.15) is 0 Å². The Labute approximate surface area is 126 Å². The Morgan fingerprint density at radius 1 is 1.10 bits per heavy atom. The second-order valence-electron chi connectivity index (χ2n) is 8.11. The molecule has 0 saturated heterocycles. The first-order chi connectivity index (χ1) is 9.46. The standard InChI is InChI=1S/C18H23NS/c1-16-7-13-8-17(10-16,14-5-3-2-4-6-14)12-18(9-13,11-16)15(19)20/h2-6,13H,7-12H2,1H3,(H2,19,20). The fraction of sp³-hybridized carbons (Fsp3) is 0.611. The number of benzene rings is 1. The molecule has 106 valence electrons. The van der Waals surface area contributed by atoms with Crippen LogP contribution in [-0.2, 0) is 5.41 Å². The topological polar surface area (TPSA) is 26.0 Å². The molecule has 0 spiro atoms. The Morgan fingerprint density at radius 2 is 1.85 bits per heavy atom. The normalized spacial score (nSPS) is 45.5. The van der Waals surface area contributed by atoms with E-state index >= 15 is 0 Å². The third kappa shape index (κ3) is 1.64. The molecule has 0 amide bonds. The largest absolute Gasteiger partial charge is 0.393 e. The van der Waals surface area contributed by atoms with Crippen molar-refractivity contribution in [3.8, 4) is 0 Å². The van der Waals surface area contributed by atoms with E-state index in [1.54, 1.807) is 0 Å². The summed E-state index contributed by atoms with van der Waals surface area (Å²) in [7, 11) is 0. The lowest BCUT2D eigenvalue weighted by Gasteiger charge is -2.66. The summed E-state index contributed by atoms with van der Waals surface area (Å²) < 4.78 is 0. The van der Waals surface area contributed by atoms with Gasteiger partial charge >= 0.3 is 0 Å². The Balaban J connectivity index is 1.85. The molecule has 5 rings (SSSR count). The molecule has 2 N–H and O–H groups in total. The van der Waals surface area contributed by atoms with Gasteiger partial charge in [0.25, 0.3) is 0 Å². The average Bonchev–Trinajstić information content (AvgIpc) is 2.37. The van der Waals surface area contributed by atoms with Gasteiger partial charge < -0.3 is 5.73 Å². The van der Waals surface area contributed by atoms with Crippen LogP contribution in [0.1, 0.15) is 51.0 Å². The van der Waals surface area contributed by atoms with Crippen LogP contribution in [-0.4, -0.2) is 4.99 Å². The summed E-state index contributed by atoms with van der Waals surface area (Å²) in [5.74, 6) is 0.818. The zero-order chi connectivity index (χ0) is 14.0. The predicted octanol–water partition coefficient (Wildman–Crippen LogP) is 4.20. The minimum Gasteiger partial charge on any atom is -0.393 e. The summed E-state index contributed by atoms with van der Waals surface area (Å²) in [5.41, 5.74) is 8.66. The van der Waals surface area contributed by atoms with Crippen LogP contribution < -0.4 is 5.73 Å². The van der Waals surface area contributed by atoms with Crippen LogP contribution in [0.5, 0.6) is 0 Å². The highest BCUT2D eigenvalue weighted by Gasteiger charge is 2.63. The highest BCUT2D eigenvalue weighted by atomic mass is 32.1. The molecule has 0 radical (unpaired) electrons. The number of rotatable bonds is 2. The second-order valence-corrected chi connectivity index (χ2v) is 8.55.